The van der Waals surface area contributed by atoms with Crippen molar-refractivity contribution in [1.82, 2.24) is 4.98 Å². The van der Waals surface area contributed by atoms with Crippen molar-refractivity contribution in [3.63, 3.8) is 0 Å². The summed E-state index contributed by atoms with van der Waals surface area (Å²) in [5, 5.41) is 3.62. The fourth-order valence-corrected chi connectivity index (χ4v) is 4.68. The number of para-hydroxylation sites is 1. The third-order valence-electron chi connectivity index (χ3n) is 5.81. The van der Waals surface area contributed by atoms with Crippen molar-refractivity contribution in [2.45, 2.75) is 19.3 Å². The highest BCUT2D eigenvalue weighted by Gasteiger charge is 2.38. The molecular formula is C23H17NO. The smallest absolute Gasteiger partial charge is 0.159 e. The summed E-state index contributed by atoms with van der Waals surface area (Å²) in [6.45, 7) is 4.63. The van der Waals surface area contributed by atoms with E-state index in [1.54, 1.807) is 0 Å². The normalized spacial score (nSPS) is 15.1. The lowest BCUT2D eigenvalue weighted by Gasteiger charge is -2.21. The standard InChI is InChI=1S/C23H17NO/c1-23(2)17-9-5-3-8-15(17)20-19(23)16-12-11-14-13-7-4-6-10-18(13)25-22(14)21(16)24-20/h3-12,24H,1-2H3. The van der Waals surface area contributed by atoms with Gasteiger partial charge >= 0.3 is 0 Å². The zero-order valence-corrected chi connectivity index (χ0v) is 14.2. The van der Waals surface area contributed by atoms with Crippen molar-refractivity contribution in [1.29, 1.82) is 0 Å². The van der Waals surface area contributed by atoms with Gasteiger partial charge in [0.05, 0.1) is 11.2 Å². The topological polar surface area (TPSA) is 28.9 Å². The van der Waals surface area contributed by atoms with Crippen LogP contribution in [-0.2, 0) is 5.41 Å². The summed E-state index contributed by atoms with van der Waals surface area (Å²) in [5.74, 6) is 0. The SMILES string of the molecule is CC1(C)c2ccccc2-c2[nH]c3c(ccc4c5ccccc5oc43)c21. The van der Waals surface area contributed by atoms with E-state index in [4.69, 9.17) is 4.42 Å². The summed E-state index contributed by atoms with van der Waals surface area (Å²) in [7, 11) is 0. The van der Waals surface area contributed by atoms with Crippen molar-refractivity contribution < 1.29 is 4.42 Å². The van der Waals surface area contributed by atoms with E-state index >= 15 is 0 Å². The lowest BCUT2D eigenvalue weighted by Crippen LogP contribution is -2.14. The molecule has 0 spiro atoms. The molecule has 0 bridgehead atoms. The molecule has 2 heteroatoms. The van der Waals surface area contributed by atoms with Crippen LogP contribution in [0.3, 0.4) is 0 Å². The maximum absolute atomic E-state index is 6.23. The van der Waals surface area contributed by atoms with E-state index in [0.29, 0.717) is 0 Å². The molecule has 2 heterocycles. The first kappa shape index (κ1) is 13.3. The Bertz CT molecular complexity index is 1320. The van der Waals surface area contributed by atoms with Crippen LogP contribution in [0.25, 0.3) is 44.1 Å². The van der Waals surface area contributed by atoms with Gasteiger partial charge < -0.3 is 9.40 Å². The largest absolute Gasteiger partial charge is 0.454 e. The molecule has 1 aliphatic carbocycles. The van der Waals surface area contributed by atoms with Crippen LogP contribution in [0.15, 0.2) is 65.1 Å². The van der Waals surface area contributed by atoms with E-state index in [2.05, 4.69) is 67.4 Å². The molecule has 5 aromatic rings. The third kappa shape index (κ3) is 1.46. The van der Waals surface area contributed by atoms with E-state index in [1.165, 1.54) is 38.5 Å². The van der Waals surface area contributed by atoms with E-state index in [-0.39, 0.29) is 5.41 Å². The summed E-state index contributed by atoms with van der Waals surface area (Å²) >= 11 is 0. The molecule has 2 nitrogen and oxygen atoms in total. The van der Waals surface area contributed by atoms with Crippen LogP contribution in [-0.4, -0.2) is 4.98 Å². The molecule has 3 aromatic carbocycles. The van der Waals surface area contributed by atoms with Crippen LogP contribution >= 0.6 is 0 Å². The van der Waals surface area contributed by atoms with Crippen LogP contribution in [0, 0.1) is 0 Å². The van der Waals surface area contributed by atoms with Crippen molar-refractivity contribution >= 4 is 32.8 Å². The van der Waals surface area contributed by atoms with Crippen molar-refractivity contribution in [3.8, 4) is 11.3 Å². The number of aromatic amines is 1. The van der Waals surface area contributed by atoms with Crippen molar-refractivity contribution in [2.24, 2.45) is 0 Å². The number of rotatable bonds is 0. The van der Waals surface area contributed by atoms with Gasteiger partial charge in [-0.2, -0.15) is 0 Å². The molecule has 1 aliphatic rings. The summed E-state index contributed by atoms with van der Waals surface area (Å²) in [6.07, 6.45) is 0. The monoisotopic (exact) mass is 323 g/mol. The number of hydrogen-bond donors (Lipinski definition) is 1. The zero-order chi connectivity index (χ0) is 16.8. The fraction of sp³-hybridized carbons (Fsp3) is 0.130. The minimum absolute atomic E-state index is 0.0101. The number of nitrogens with one attached hydrogen (secondary N) is 1. The Hall–Kier alpha value is -3.00. The molecular weight excluding hydrogens is 306 g/mol. The Labute approximate surface area is 145 Å². The van der Waals surface area contributed by atoms with Gasteiger partial charge in [-0.05, 0) is 23.3 Å². The molecule has 0 aliphatic heterocycles. The van der Waals surface area contributed by atoms with E-state index in [1.807, 2.05) is 12.1 Å². The maximum Gasteiger partial charge on any atom is 0.159 e. The van der Waals surface area contributed by atoms with E-state index in [9.17, 15) is 0 Å². The third-order valence-corrected chi connectivity index (χ3v) is 5.81. The molecule has 0 radical (unpaired) electrons. The lowest BCUT2D eigenvalue weighted by molar-refractivity contribution is 0.666. The molecule has 0 amide bonds. The quantitative estimate of drug-likeness (QED) is 0.352. The summed E-state index contributed by atoms with van der Waals surface area (Å²) in [5.41, 5.74) is 8.33. The number of furan rings is 1. The maximum atomic E-state index is 6.23. The molecule has 120 valence electrons. The highest BCUT2D eigenvalue weighted by atomic mass is 16.3. The summed E-state index contributed by atoms with van der Waals surface area (Å²) in [4.78, 5) is 3.70. The fourth-order valence-electron chi connectivity index (χ4n) is 4.68. The highest BCUT2D eigenvalue weighted by molar-refractivity contribution is 6.16. The van der Waals surface area contributed by atoms with Gasteiger partial charge in [-0.3, -0.25) is 0 Å². The first-order valence-corrected chi connectivity index (χ1v) is 8.72. The van der Waals surface area contributed by atoms with E-state index < -0.39 is 0 Å². The van der Waals surface area contributed by atoms with Gasteiger partial charge in [0.15, 0.2) is 5.58 Å². The summed E-state index contributed by atoms with van der Waals surface area (Å²) < 4.78 is 6.23. The van der Waals surface area contributed by atoms with Crippen molar-refractivity contribution in [2.75, 3.05) is 0 Å². The minimum Gasteiger partial charge on any atom is -0.454 e. The second-order valence-corrected chi connectivity index (χ2v) is 7.51. The molecule has 25 heavy (non-hydrogen) atoms. The second kappa shape index (κ2) is 4.15. The van der Waals surface area contributed by atoms with Gasteiger partial charge in [-0.15, -0.1) is 0 Å². The molecule has 6 rings (SSSR count). The Kier molecular flexibility index (Phi) is 2.21. The average molecular weight is 323 g/mol. The summed E-state index contributed by atoms with van der Waals surface area (Å²) in [6, 6.07) is 21.4. The van der Waals surface area contributed by atoms with Gasteiger partial charge in [0.25, 0.3) is 0 Å². The van der Waals surface area contributed by atoms with Crippen LogP contribution in [0.2, 0.25) is 0 Å². The van der Waals surface area contributed by atoms with Crippen LogP contribution in [0.1, 0.15) is 25.0 Å². The highest BCUT2D eigenvalue weighted by Crippen LogP contribution is 2.52. The minimum atomic E-state index is -0.0101. The average Bonchev–Trinajstić information content (AvgIpc) is 3.25. The first-order chi connectivity index (χ1) is 12.2. The van der Waals surface area contributed by atoms with Gasteiger partial charge in [0.1, 0.15) is 5.58 Å². The van der Waals surface area contributed by atoms with Gasteiger partial charge in [0, 0.05) is 27.1 Å². The Morgan fingerprint density at radius 2 is 1.56 bits per heavy atom. The van der Waals surface area contributed by atoms with Gasteiger partial charge in [-0.1, -0.05) is 62.4 Å². The second-order valence-electron chi connectivity index (χ2n) is 7.51. The Balaban J connectivity index is 1.81. The predicted molar refractivity (Wildman–Crippen MR) is 103 cm³/mol. The lowest BCUT2D eigenvalue weighted by atomic mass is 9.81. The Morgan fingerprint density at radius 1 is 0.800 bits per heavy atom. The molecule has 0 unspecified atom stereocenters. The number of H-pyrrole nitrogens is 1. The Morgan fingerprint density at radius 3 is 2.48 bits per heavy atom. The van der Waals surface area contributed by atoms with Crippen LogP contribution in [0.4, 0.5) is 0 Å². The first-order valence-electron chi connectivity index (χ1n) is 8.72. The van der Waals surface area contributed by atoms with E-state index in [0.717, 1.165) is 16.7 Å². The number of benzene rings is 3. The van der Waals surface area contributed by atoms with Crippen molar-refractivity contribution in [3.05, 3.63) is 71.8 Å². The molecule has 0 atom stereocenters. The molecule has 2 aromatic heterocycles. The molecule has 1 N–H and O–H groups in total. The van der Waals surface area contributed by atoms with Crippen LogP contribution < -0.4 is 0 Å². The molecule has 0 saturated carbocycles. The zero-order valence-electron chi connectivity index (χ0n) is 14.2. The predicted octanol–water partition coefficient (Wildman–Crippen LogP) is 6.37. The van der Waals surface area contributed by atoms with Crippen LogP contribution in [0.5, 0.6) is 0 Å². The number of fused-ring (bicyclic) bond motifs is 9. The molecule has 0 saturated heterocycles. The number of aromatic nitrogens is 1. The number of hydrogen-bond acceptors (Lipinski definition) is 1. The van der Waals surface area contributed by atoms with Gasteiger partial charge in [-0.25, -0.2) is 0 Å². The van der Waals surface area contributed by atoms with Gasteiger partial charge in [0.2, 0.25) is 0 Å². The molecule has 0 fully saturated rings.